The van der Waals surface area contributed by atoms with E-state index in [1.807, 2.05) is 23.9 Å². The lowest BCUT2D eigenvalue weighted by atomic mass is 10.2. The van der Waals surface area contributed by atoms with Crippen LogP contribution >= 0.6 is 23.4 Å². The van der Waals surface area contributed by atoms with E-state index in [0.29, 0.717) is 5.37 Å². The summed E-state index contributed by atoms with van der Waals surface area (Å²) in [5.41, 5.74) is 2.62. The Kier molecular flexibility index (Phi) is 3.48. The van der Waals surface area contributed by atoms with Crippen molar-refractivity contribution in [2.24, 2.45) is 0 Å². The first-order valence-electron chi connectivity index (χ1n) is 6.03. The highest BCUT2D eigenvalue weighted by molar-refractivity contribution is 7.99. The molecule has 1 fully saturated rings. The van der Waals surface area contributed by atoms with E-state index in [4.69, 9.17) is 11.6 Å². The maximum absolute atomic E-state index is 5.95. The van der Waals surface area contributed by atoms with Gasteiger partial charge in [0.15, 0.2) is 0 Å². The van der Waals surface area contributed by atoms with Crippen LogP contribution in [0.25, 0.3) is 0 Å². The van der Waals surface area contributed by atoms with E-state index in [9.17, 15) is 0 Å². The van der Waals surface area contributed by atoms with Crippen LogP contribution in [0.4, 0.5) is 5.69 Å². The fourth-order valence-electron chi connectivity index (χ4n) is 2.26. The van der Waals surface area contributed by atoms with Gasteiger partial charge in [0.1, 0.15) is 5.37 Å². The molecule has 1 aliphatic heterocycles. The van der Waals surface area contributed by atoms with Gasteiger partial charge in [-0.05, 0) is 29.8 Å². The highest BCUT2D eigenvalue weighted by atomic mass is 35.5. The maximum atomic E-state index is 5.95. The van der Waals surface area contributed by atoms with E-state index in [1.165, 1.54) is 17.0 Å². The minimum atomic E-state index is 0.423. The Bertz CT molecular complexity index is 512. The number of anilines is 1. The summed E-state index contributed by atoms with van der Waals surface area (Å²) < 4.78 is 0. The molecule has 92 valence electrons. The topological polar surface area (TPSA) is 3.24 Å². The zero-order chi connectivity index (χ0) is 12.4. The van der Waals surface area contributed by atoms with E-state index in [2.05, 4.69) is 47.4 Å². The molecule has 2 aromatic rings. The minimum Gasteiger partial charge on any atom is -0.355 e. The summed E-state index contributed by atoms with van der Waals surface area (Å²) in [6, 6.07) is 18.8. The molecular formula is C15H14ClNS. The fraction of sp³-hybridized carbons (Fsp3) is 0.200. The van der Waals surface area contributed by atoms with Crippen LogP contribution in [0.2, 0.25) is 5.02 Å². The number of hydrogen-bond donors (Lipinski definition) is 0. The summed E-state index contributed by atoms with van der Waals surface area (Å²) in [4.78, 5) is 2.44. The van der Waals surface area contributed by atoms with Gasteiger partial charge in [-0.1, -0.05) is 41.9 Å². The van der Waals surface area contributed by atoms with E-state index >= 15 is 0 Å². The predicted octanol–water partition coefficient (Wildman–Crippen LogP) is 4.59. The van der Waals surface area contributed by atoms with Crippen LogP contribution in [0.5, 0.6) is 0 Å². The zero-order valence-electron chi connectivity index (χ0n) is 9.92. The van der Waals surface area contributed by atoms with Crippen molar-refractivity contribution in [1.82, 2.24) is 0 Å². The molecule has 1 saturated heterocycles. The Morgan fingerprint density at radius 3 is 2.44 bits per heavy atom. The third kappa shape index (κ3) is 2.36. The number of benzene rings is 2. The predicted molar refractivity (Wildman–Crippen MR) is 80.4 cm³/mol. The molecular weight excluding hydrogens is 262 g/mol. The van der Waals surface area contributed by atoms with Crippen LogP contribution in [-0.2, 0) is 0 Å². The summed E-state index contributed by atoms with van der Waals surface area (Å²) >= 11 is 7.94. The highest BCUT2D eigenvalue weighted by Crippen LogP contribution is 2.40. The molecule has 0 saturated carbocycles. The van der Waals surface area contributed by atoms with E-state index in [1.54, 1.807) is 0 Å². The minimum absolute atomic E-state index is 0.423. The summed E-state index contributed by atoms with van der Waals surface area (Å²) in [7, 11) is 0. The molecule has 0 aromatic heterocycles. The molecule has 0 N–H and O–H groups in total. The van der Waals surface area contributed by atoms with Crippen molar-refractivity contribution >= 4 is 29.1 Å². The van der Waals surface area contributed by atoms with Crippen LogP contribution in [0.15, 0.2) is 54.6 Å². The molecule has 3 rings (SSSR count). The van der Waals surface area contributed by atoms with Gasteiger partial charge < -0.3 is 4.90 Å². The second-order valence-electron chi connectivity index (χ2n) is 4.30. The van der Waals surface area contributed by atoms with Gasteiger partial charge in [-0.2, -0.15) is 0 Å². The summed E-state index contributed by atoms with van der Waals surface area (Å²) in [6.45, 7) is 1.09. The molecule has 1 nitrogen and oxygen atoms in total. The molecule has 0 amide bonds. The number of halogens is 1. The third-order valence-electron chi connectivity index (χ3n) is 3.13. The van der Waals surface area contributed by atoms with Crippen molar-refractivity contribution in [2.75, 3.05) is 17.2 Å². The molecule has 3 heteroatoms. The van der Waals surface area contributed by atoms with Gasteiger partial charge in [-0.3, -0.25) is 0 Å². The standard InChI is InChI=1S/C15H14ClNS/c16-13-6-8-14(9-7-13)17-10-11-18-15(17)12-4-2-1-3-5-12/h1-9,15H,10-11H2. The molecule has 1 aliphatic rings. The quantitative estimate of drug-likeness (QED) is 0.788. The van der Waals surface area contributed by atoms with Gasteiger partial charge in [-0.25, -0.2) is 0 Å². The van der Waals surface area contributed by atoms with Gasteiger partial charge in [-0.15, -0.1) is 11.8 Å². The molecule has 0 aliphatic carbocycles. The Balaban J connectivity index is 1.90. The number of hydrogen-bond acceptors (Lipinski definition) is 2. The lowest BCUT2D eigenvalue weighted by Crippen LogP contribution is -2.21. The van der Waals surface area contributed by atoms with Gasteiger partial charge in [0.2, 0.25) is 0 Å². The number of rotatable bonds is 2. The first-order valence-corrected chi connectivity index (χ1v) is 7.46. The molecule has 18 heavy (non-hydrogen) atoms. The van der Waals surface area contributed by atoms with Crippen LogP contribution in [0.3, 0.4) is 0 Å². The van der Waals surface area contributed by atoms with Crippen LogP contribution in [0.1, 0.15) is 10.9 Å². The second kappa shape index (κ2) is 5.25. The lowest BCUT2D eigenvalue weighted by molar-refractivity contribution is 0.858. The summed E-state index contributed by atoms with van der Waals surface area (Å²) in [5.74, 6) is 1.17. The number of nitrogens with zero attached hydrogens (tertiary/aromatic N) is 1. The molecule has 1 heterocycles. The van der Waals surface area contributed by atoms with Crippen molar-refractivity contribution in [3.05, 3.63) is 65.2 Å². The van der Waals surface area contributed by atoms with Crippen molar-refractivity contribution in [1.29, 1.82) is 0 Å². The average molecular weight is 276 g/mol. The van der Waals surface area contributed by atoms with E-state index in [-0.39, 0.29) is 0 Å². The Morgan fingerprint density at radius 2 is 1.72 bits per heavy atom. The van der Waals surface area contributed by atoms with Gasteiger partial charge in [0.05, 0.1) is 0 Å². The lowest BCUT2D eigenvalue weighted by Gasteiger charge is -2.26. The third-order valence-corrected chi connectivity index (χ3v) is 4.65. The van der Waals surface area contributed by atoms with Crippen molar-refractivity contribution < 1.29 is 0 Å². The largest absolute Gasteiger partial charge is 0.355 e. The van der Waals surface area contributed by atoms with Crippen LogP contribution < -0.4 is 4.90 Å². The van der Waals surface area contributed by atoms with Crippen LogP contribution in [0, 0.1) is 0 Å². The maximum Gasteiger partial charge on any atom is 0.101 e. The Hall–Kier alpha value is -1.12. The van der Waals surface area contributed by atoms with Gasteiger partial charge >= 0.3 is 0 Å². The smallest absolute Gasteiger partial charge is 0.101 e. The van der Waals surface area contributed by atoms with Gasteiger partial charge in [0, 0.05) is 23.0 Å². The van der Waals surface area contributed by atoms with Crippen LogP contribution in [-0.4, -0.2) is 12.3 Å². The highest BCUT2D eigenvalue weighted by Gasteiger charge is 2.26. The van der Waals surface area contributed by atoms with Crippen molar-refractivity contribution in [3.8, 4) is 0 Å². The summed E-state index contributed by atoms with van der Waals surface area (Å²) in [6.07, 6.45) is 0. The average Bonchev–Trinajstić information content (AvgIpc) is 2.90. The zero-order valence-corrected chi connectivity index (χ0v) is 11.5. The monoisotopic (exact) mass is 275 g/mol. The number of thioether (sulfide) groups is 1. The molecule has 0 bridgehead atoms. The Labute approximate surface area is 117 Å². The molecule has 1 unspecified atom stereocenters. The fourth-order valence-corrected chi connectivity index (χ4v) is 3.67. The first-order chi connectivity index (χ1) is 8.84. The van der Waals surface area contributed by atoms with Crippen molar-refractivity contribution in [3.63, 3.8) is 0 Å². The van der Waals surface area contributed by atoms with E-state index < -0.39 is 0 Å². The molecule has 0 radical (unpaired) electrons. The second-order valence-corrected chi connectivity index (χ2v) is 5.93. The molecule has 0 spiro atoms. The molecule has 2 aromatic carbocycles. The molecule has 1 atom stereocenters. The first kappa shape index (κ1) is 11.9. The Morgan fingerprint density at radius 1 is 1.00 bits per heavy atom. The SMILES string of the molecule is Clc1ccc(N2CCSC2c2ccccc2)cc1. The normalized spacial score (nSPS) is 19.2. The van der Waals surface area contributed by atoms with Gasteiger partial charge in [0.25, 0.3) is 0 Å². The van der Waals surface area contributed by atoms with E-state index in [0.717, 1.165) is 11.6 Å². The summed E-state index contributed by atoms with van der Waals surface area (Å²) in [5, 5.41) is 1.22. The van der Waals surface area contributed by atoms with Crippen molar-refractivity contribution in [2.45, 2.75) is 5.37 Å².